The molecular weight excluding hydrogens is 304 g/mol. The minimum absolute atomic E-state index is 0.0846. The van der Waals surface area contributed by atoms with Gasteiger partial charge in [-0.3, -0.25) is 0 Å². The van der Waals surface area contributed by atoms with Crippen LogP contribution in [-0.2, 0) is 16.0 Å². The highest BCUT2D eigenvalue weighted by Gasteiger charge is 2.41. The van der Waals surface area contributed by atoms with E-state index in [1.165, 1.54) is 38.5 Å². The van der Waals surface area contributed by atoms with Gasteiger partial charge in [-0.2, -0.15) is 0 Å². The molecule has 0 radical (unpaired) electrons. The SMILES string of the molecule is COc1cc(O)c2c(c1)CC=C2C(=O)OCC12CCC(CC1)CC2. The topological polar surface area (TPSA) is 55.8 Å². The zero-order valence-corrected chi connectivity index (χ0v) is 14.1. The first-order valence-electron chi connectivity index (χ1n) is 8.88. The van der Waals surface area contributed by atoms with Crippen molar-refractivity contribution >= 4 is 11.5 Å². The van der Waals surface area contributed by atoms with Crippen LogP contribution in [0.1, 0.15) is 49.7 Å². The number of rotatable bonds is 4. The summed E-state index contributed by atoms with van der Waals surface area (Å²) in [5, 5.41) is 10.3. The summed E-state index contributed by atoms with van der Waals surface area (Å²) in [6.07, 6.45) is 9.87. The Morgan fingerprint density at radius 3 is 2.62 bits per heavy atom. The van der Waals surface area contributed by atoms with E-state index >= 15 is 0 Å². The third kappa shape index (κ3) is 2.58. The lowest BCUT2D eigenvalue weighted by Crippen LogP contribution is -2.38. The molecular formula is C20H24O4. The fourth-order valence-corrected chi connectivity index (χ4v) is 4.60. The van der Waals surface area contributed by atoms with Crippen molar-refractivity contribution in [2.24, 2.45) is 11.3 Å². The standard InChI is InChI=1S/C20H24O4/c1-23-15-10-14-2-3-16(18(14)17(21)11-15)19(22)24-12-20-7-4-13(5-8-20)6-9-20/h3,10-11,13,21H,2,4-9,12H2,1H3. The van der Waals surface area contributed by atoms with Gasteiger partial charge >= 0.3 is 5.97 Å². The molecule has 3 saturated carbocycles. The molecule has 2 bridgehead atoms. The van der Waals surface area contributed by atoms with Gasteiger partial charge in [-0.1, -0.05) is 6.08 Å². The van der Waals surface area contributed by atoms with Crippen LogP contribution in [0.25, 0.3) is 5.57 Å². The van der Waals surface area contributed by atoms with Crippen molar-refractivity contribution in [1.82, 2.24) is 0 Å². The van der Waals surface area contributed by atoms with E-state index in [2.05, 4.69) is 0 Å². The average Bonchev–Trinajstić information content (AvgIpc) is 3.06. The molecule has 1 N–H and O–H groups in total. The molecule has 0 spiro atoms. The fraction of sp³-hybridized carbons (Fsp3) is 0.550. The summed E-state index contributed by atoms with van der Waals surface area (Å²) in [4.78, 5) is 12.6. The number of ether oxygens (including phenoxy) is 2. The third-order valence-electron chi connectivity index (χ3n) is 6.18. The monoisotopic (exact) mass is 328 g/mol. The Morgan fingerprint density at radius 1 is 1.25 bits per heavy atom. The molecule has 5 rings (SSSR count). The van der Waals surface area contributed by atoms with Crippen LogP contribution in [0.5, 0.6) is 11.5 Å². The first-order chi connectivity index (χ1) is 11.6. The van der Waals surface area contributed by atoms with Gasteiger partial charge < -0.3 is 14.6 Å². The molecule has 0 atom stereocenters. The first kappa shape index (κ1) is 15.6. The zero-order chi connectivity index (χ0) is 16.7. The van der Waals surface area contributed by atoms with Crippen molar-refractivity contribution in [1.29, 1.82) is 0 Å². The highest BCUT2D eigenvalue weighted by atomic mass is 16.5. The van der Waals surface area contributed by atoms with Crippen LogP contribution >= 0.6 is 0 Å². The second kappa shape index (κ2) is 5.83. The summed E-state index contributed by atoms with van der Waals surface area (Å²) in [6.45, 7) is 0.516. The highest BCUT2D eigenvalue weighted by molar-refractivity contribution is 6.19. The van der Waals surface area contributed by atoms with Gasteiger partial charge in [0.2, 0.25) is 0 Å². The van der Waals surface area contributed by atoms with Crippen LogP contribution in [0.3, 0.4) is 0 Å². The number of benzene rings is 1. The minimum Gasteiger partial charge on any atom is -0.507 e. The van der Waals surface area contributed by atoms with Gasteiger partial charge in [-0.25, -0.2) is 4.79 Å². The second-order valence-corrected chi connectivity index (χ2v) is 7.56. The van der Waals surface area contributed by atoms with E-state index in [0.717, 1.165) is 11.5 Å². The Balaban J connectivity index is 1.47. The van der Waals surface area contributed by atoms with Crippen molar-refractivity contribution in [2.45, 2.75) is 44.9 Å². The smallest absolute Gasteiger partial charge is 0.338 e. The van der Waals surface area contributed by atoms with Gasteiger partial charge in [-0.15, -0.1) is 0 Å². The lowest BCUT2D eigenvalue weighted by Gasteiger charge is -2.46. The van der Waals surface area contributed by atoms with Crippen molar-refractivity contribution in [3.63, 3.8) is 0 Å². The van der Waals surface area contributed by atoms with Gasteiger partial charge in [-0.05, 0) is 62.5 Å². The minimum atomic E-state index is -0.309. The molecule has 0 aromatic heterocycles. The summed E-state index contributed by atoms with van der Waals surface area (Å²) < 4.78 is 10.9. The maximum absolute atomic E-state index is 12.6. The molecule has 0 saturated heterocycles. The molecule has 24 heavy (non-hydrogen) atoms. The summed E-state index contributed by atoms with van der Waals surface area (Å²) in [5.41, 5.74) is 2.21. The van der Waals surface area contributed by atoms with Crippen molar-refractivity contribution in [3.05, 3.63) is 29.3 Å². The summed E-state index contributed by atoms with van der Waals surface area (Å²) >= 11 is 0. The molecule has 0 aliphatic heterocycles. The number of aromatic hydroxyl groups is 1. The number of esters is 1. The van der Waals surface area contributed by atoms with Crippen LogP contribution in [0.2, 0.25) is 0 Å². The van der Waals surface area contributed by atoms with E-state index < -0.39 is 0 Å². The molecule has 4 nitrogen and oxygen atoms in total. The van der Waals surface area contributed by atoms with Crippen LogP contribution in [-0.4, -0.2) is 24.8 Å². The van der Waals surface area contributed by atoms with Crippen LogP contribution in [0.15, 0.2) is 18.2 Å². The van der Waals surface area contributed by atoms with E-state index in [1.54, 1.807) is 13.2 Å². The first-order valence-corrected chi connectivity index (χ1v) is 8.88. The number of phenolic OH excluding ortho intramolecular Hbond substituents is 1. The van der Waals surface area contributed by atoms with E-state index in [4.69, 9.17) is 9.47 Å². The Hall–Kier alpha value is -1.97. The van der Waals surface area contributed by atoms with Gasteiger partial charge in [0.1, 0.15) is 11.5 Å². The van der Waals surface area contributed by atoms with E-state index in [0.29, 0.717) is 29.9 Å². The Bertz CT molecular complexity index is 682. The molecule has 0 unspecified atom stereocenters. The van der Waals surface area contributed by atoms with Gasteiger partial charge in [0.15, 0.2) is 0 Å². The number of carbonyl (C=O) groups is 1. The number of methoxy groups -OCH3 is 1. The quantitative estimate of drug-likeness (QED) is 0.853. The molecule has 3 fully saturated rings. The van der Waals surface area contributed by atoms with Crippen molar-refractivity contribution in [3.8, 4) is 11.5 Å². The molecule has 0 amide bonds. The Kier molecular flexibility index (Phi) is 3.78. The number of phenols is 1. The van der Waals surface area contributed by atoms with Gasteiger partial charge in [0, 0.05) is 17.0 Å². The molecule has 4 aliphatic rings. The number of allylic oxidation sites excluding steroid dienone is 1. The zero-order valence-electron chi connectivity index (χ0n) is 14.1. The van der Waals surface area contributed by atoms with Crippen LogP contribution in [0.4, 0.5) is 0 Å². The lowest BCUT2D eigenvalue weighted by molar-refractivity contribution is -0.142. The van der Waals surface area contributed by atoms with Crippen molar-refractivity contribution in [2.75, 3.05) is 13.7 Å². The second-order valence-electron chi connectivity index (χ2n) is 7.56. The number of fused-ring (bicyclic) bond motifs is 4. The Labute approximate surface area is 142 Å². The van der Waals surface area contributed by atoms with Crippen LogP contribution < -0.4 is 4.74 Å². The molecule has 1 aromatic rings. The summed E-state index contributed by atoms with van der Waals surface area (Å²) in [7, 11) is 1.57. The molecule has 1 aromatic carbocycles. The third-order valence-corrected chi connectivity index (χ3v) is 6.18. The number of carbonyl (C=O) groups excluding carboxylic acids is 1. The van der Waals surface area contributed by atoms with Gasteiger partial charge in [0.05, 0.1) is 19.3 Å². The molecule has 4 heteroatoms. The number of hydrogen-bond donors (Lipinski definition) is 1. The molecule has 4 aliphatic carbocycles. The maximum Gasteiger partial charge on any atom is 0.338 e. The Morgan fingerprint density at radius 2 is 1.96 bits per heavy atom. The van der Waals surface area contributed by atoms with Crippen molar-refractivity contribution < 1.29 is 19.4 Å². The predicted octanol–water partition coefficient (Wildman–Crippen LogP) is 3.85. The molecule has 0 heterocycles. The number of hydrogen-bond acceptors (Lipinski definition) is 4. The van der Waals surface area contributed by atoms with Crippen LogP contribution in [0, 0.1) is 11.3 Å². The highest BCUT2D eigenvalue weighted by Crippen LogP contribution is 2.50. The fourth-order valence-electron chi connectivity index (χ4n) is 4.60. The largest absolute Gasteiger partial charge is 0.507 e. The molecule has 128 valence electrons. The summed E-state index contributed by atoms with van der Waals surface area (Å²) in [5.74, 6) is 1.28. The average molecular weight is 328 g/mol. The lowest BCUT2D eigenvalue weighted by atomic mass is 9.61. The van der Waals surface area contributed by atoms with E-state index in [-0.39, 0.29) is 17.1 Å². The van der Waals surface area contributed by atoms with E-state index in [1.807, 2.05) is 12.1 Å². The van der Waals surface area contributed by atoms with Gasteiger partial charge in [0.25, 0.3) is 0 Å². The normalized spacial score (nSPS) is 27.5. The van der Waals surface area contributed by atoms with E-state index in [9.17, 15) is 9.90 Å². The maximum atomic E-state index is 12.6. The summed E-state index contributed by atoms with van der Waals surface area (Å²) in [6, 6.07) is 3.42. The predicted molar refractivity (Wildman–Crippen MR) is 90.9 cm³/mol.